The van der Waals surface area contributed by atoms with Crippen molar-refractivity contribution in [3.8, 4) is 5.75 Å². The Morgan fingerprint density at radius 2 is 2.00 bits per heavy atom. The number of carbonyl (C=O) groups excluding carboxylic acids is 2. The molecule has 1 atom stereocenters. The van der Waals surface area contributed by atoms with Gasteiger partial charge in [0.2, 0.25) is 17.6 Å². The number of pyridine rings is 1. The Labute approximate surface area is 227 Å². The van der Waals surface area contributed by atoms with Crippen LogP contribution >= 0.6 is 0 Å². The third-order valence-corrected chi connectivity index (χ3v) is 5.57. The number of carboxylic acid groups (broad SMARTS) is 1. The van der Waals surface area contributed by atoms with E-state index in [-0.39, 0.29) is 53.6 Å². The number of H-pyrrole nitrogens is 1. The maximum atomic E-state index is 14.4. The number of allylic oxidation sites excluding steroid dienone is 1. The number of anilines is 1. The van der Waals surface area contributed by atoms with Crippen molar-refractivity contribution >= 4 is 34.6 Å². The zero-order valence-electron chi connectivity index (χ0n) is 22.3. The SMILES string of the molecule is CC(C)Oc1c(F)c(F)cc2[nH]c(Cn3cccc(NC(=O)C(CC/C=C/C(=O)N(C)C)NC(=O)O)c3=O)nc12. The number of carbonyl (C=O) groups is 3. The third kappa shape index (κ3) is 7.42. The minimum Gasteiger partial charge on any atom is -0.486 e. The Morgan fingerprint density at radius 1 is 1.27 bits per heavy atom. The number of likely N-dealkylation sites (N-methyl/N-ethyl adjacent to an activating group) is 1. The van der Waals surface area contributed by atoms with Gasteiger partial charge in [0.05, 0.1) is 18.2 Å². The number of rotatable bonds is 11. The van der Waals surface area contributed by atoms with Gasteiger partial charge < -0.3 is 34.9 Å². The van der Waals surface area contributed by atoms with Gasteiger partial charge in [-0.1, -0.05) is 6.08 Å². The highest BCUT2D eigenvalue weighted by molar-refractivity contribution is 5.96. The molecule has 0 aliphatic carbocycles. The average Bonchev–Trinajstić information content (AvgIpc) is 3.27. The Hall–Kier alpha value is -4.75. The van der Waals surface area contributed by atoms with E-state index in [0.717, 1.165) is 6.07 Å². The Balaban J connectivity index is 1.79. The summed E-state index contributed by atoms with van der Waals surface area (Å²) in [5.41, 5.74) is -0.520. The second-order valence-electron chi connectivity index (χ2n) is 9.31. The summed E-state index contributed by atoms with van der Waals surface area (Å²) in [6.07, 6.45) is 2.62. The zero-order valence-corrected chi connectivity index (χ0v) is 22.3. The fraction of sp³-hybridized carbons (Fsp3) is 0.346. The molecule has 12 nitrogen and oxygen atoms in total. The molecule has 0 aliphatic rings. The highest BCUT2D eigenvalue weighted by Gasteiger charge is 2.22. The lowest BCUT2D eigenvalue weighted by atomic mass is 10.1. The smallest absolute Gasteiger partial charge is 0.405 e. The van der Waals surface area contributed by atoms with Crippen molar-refractivity contribution in [2.45, 2.75) is 45.4 Å². The van der Waals surface area contributed by atoms with Crippen molar-refractivity contribution in [3.63, 3.8) is 0 Å². The lowest BCUT2D eigenvalue weighted by molar-refractivity contribution is -0.123. The summed E-state index contributed by atoms with van der Waals surface area (Å²) < 4.78 is 35.1. The van der Waals surface area contributed by atoms with Crippen molar-refractivity contribution in [2.75, 3.05) is 19.4 Å². The van der Waals surface area contributed by atoms with E-state index >= 15 is 0 Å². The fourth-order valence-corrected chi connectivity index (χ4v) is 3.69. The van der Waals surface area contributed by atoms with E-state index < -0.39 is 41.3 Å². The van der Waals surface area contributed by atoms with Crippen LogP contribution in [0.1, 0.15) is 32.5 Å². The van der Waals surface area contributed by atoms with Crippen molar-refractivity contribution in [1.82, 2.24) is 24.8 Å². The zero-order chi connectivity index (χ0) is 29.6. The van der Waals surface area contributed by atoms with Crippen molar-refractivity contribution in [1.29, 1.82) is 0 Å². The molecule has 0 aliphatic heterocycles. The van der Waals surface area contributed by atoms with Crippen LogP contribution in [0, 0.1) is 11.6 Å². The molecule has 3 rings (SSSR count). The number of hydrogen-bond donors (Lipinski definition) is 4. The summed E-state index contributed by atoms with van der Waals surface area (Å²) >= 11 is 0. The number of aromatic amines is 1. The molecule has 2 heterocycles. The molecule has 3 amide bonds. The van der Waals surface area contributed by atoms with E-state index in [1.165, 1.54) is 39.9 Å². The van der Waals surface area contributed by atoms with E-state index in [0.29, 0.717) is 0 Å². The fourth-order valence-electron chi connectivity index (χ4n) is 3.69. The van der Waals surface area contributed by atoms with Gasteiger partial charge in [-0.2, -0.15) is 4.39 Å². The number of imidazole rings is 1. The number of halogens is 2. The van der Waals surface area contributed by atoms with Crippen LogP contribution in [0.25, 0.3) is 11.0 Å². The second kappa shape index (κ2) is 12.9. The van der Waals surface area contributed by atoms with Crippen LogP contribution in [0.4, 0.5) is 19.3 Å². The van der Waals surface area contributed by atoms with Crippen LogP contribution in [0.2, 0.25) is 0 Å². The van der Waals surface area contributed by atoms with Crippen molar-refractivity contribution in [3.05, 3.63) is 64.4 Å². The number of hydrogen-bond acceptors (Lipinski definition) is 6. The van der Waals surface area contributed by atoms with Gasteiger partial charge in [0.1, 0.15) is 23.1 Å². The van der Waals surface area contributed by atoms with Crippen LogP contribution in [-0.2, 0) is 16.1 Å². The third-order valence-electron chi connectivity index (χ3n) is 5.57. The maximum Gasteiger partial charge on any atom is 0.405 e. The molecule has 40 heavy (non-hydrogen) atoms. The highest BCUT2D eigenvalue weighted by atomic mass is 19.2. The van der Waals surface area contributed by atoms with Gasteiger partial charge in [-0.25, -0.2) is 14.2 Å². The molecule has 0 fully saturated rings. The van der Waals surface area contributed by atoms with Gasteiger partial charge in [0.25, 0.3) is 5.56 Å². The monoisotopic (exact) mass is 560 g/mol. The first-order chi connectivity index (χ1) is 18.9. The normalized spacial score (nSPS) is 12.1. The minimum absolute atomic E-state index is 0.0310. The minimum atomic E-state index is -1.43. The molecule has 1 unspecified atom stereocenters. The van der Waals surface area contributed by atoms with Gasteiger partial charge in [-0.05, 0) is 44.9 Å². The molecule has 0 bridgehead atoms. The van der Waals surface area contributed by atoms with Gasteiger partial charge in [-0.3, -0.25) is 14.4 Å². The first-order valence-corrected chi connectivity index (χ1v) is 12.3. The average molecular weight is 561 g/mol. The standard InChI is InChI=1S/C26H30F2N6O6/c1-14(2)40-23-21(28)15(27)12-18-22(23)32-19(29-18)13-34-11-7-9-17(25(34)37)30-24(36)16(31-26(38)39)8-5-6-10-20(35)33(3)4/h6-7,9-12,14,16,31H,5,8,13H2,1-4H3,(H,29,32)(H,30,36)(H,38,39)/b10-6+. The Bertz CT molecular complexity index is 1500. The van der Waals surface area contributed by atoms with Gasteiger partial charge >= 0.3 is 6.09 Å². The van der Waals surface area contributed by atoms with Crippen molar-refractivity contribution < 1.29 is 33.0 Å². The number of nitrogens with zero attached hydrogens (tertiary/aromatic N) is 3. The largest absolute Gasteiger partial charge is 0.486 e. The van der Waals surface area contributed by atoms with Crippen molar-refractivity contribution in [2.24, 2.45) is 0 Å². The van der Waals surface area contributed by atoms with Crippen LogP contribution in [-0.4, -0.2) is 68.7 Å². The molecular formula is C26H30F2N6O6. The lowest BCUT2D eigenvalue weighted by Crippen LogP contribution is -2.44. The molecule has 0 saturated heterocycles. The van der Waals surface area contributed by atoms with Gasteiger partial charge in [0, 0.05) is 26.4 Å². The van der Waals surface area contributed by atoms with Crippen LogP contribution in [0.15, 0.2) is 41.3 Å². The van der Waals surface area contributed by atoms with E-state index in [4.69, 9.17) is 9.84 Å². The first-order valence-electron chi connectivity index (χ1n) is 12.3. The highest BCUT2D eigenvalue weighted by Crippen LogP contribution is 2.30. The van der Waals surface area contributed by atoms with Gasteiger partial charge in [-0.15, -0.1) is 0 Å². The molecule has 214 valence electrons. The predicted octanol–water partition coefficient (Wildman–Crippen LogP) is 2.84. The van der Waals surface area contributed by atoms with Crippen LogP contribution in [0.3, 0.4) is 0 Å². The number of aromatic nitrogens is 3. The summed E-state index contributed by atoms with van der Waals surface area (Å²) in [7, 11) is 3.15. The molecule has 0 spiro atoms. The van der Waals surface area contributed by atoms with E-state index in [9.17, 15) is 28.0 Å². The van der Waals surface area contributed by atoms with E-state index in [1.807, 2.05) is 0 Å². The van der Waals surface area contributed by atoms with E-state index in [2.05, 4.69) is 20.6 Å². The summed E-state index contributed by atoms with van der Waals surface area (Å²) in [6.45, 7) is 3.17. The number of nitrogens with one attached hydrogen (secondary N) is 3. The van der Waals surface area contributed by atoms with Gasteiger partial charge in [0.15, 0.2) is 11.6 Å². The molecule has 2 aromatic heterocycles. The molecule has 0 saturated carbocycles. The molecule has 3 aromatic rings. The molecular weight excluding hydrogens is 530 g/mol. The number of benzene rings is 1. The lowest BCUT2D eigenvalue weighted by Gasteiger charge is -2.16. The number of fused-ring (bicyclic) bond motifs is 1. The molecule has 1 aromatic carbocycles. The Kier molecular flexibility index (Phi) is 9.59. The summed E-state index contributed by atoms with van der Waals surface area (Å²) in [6, 6.07) is 2.57. The quantitative estimate of drug-likeness (QED) is 0.263. The number of amides is 3. The topological polar surface area (TPSA) is 159 Å². The summed E-state index contributed by atoms with van der Waals surface area (Å²) in [5.74, 6) is -3.48. The molecule has 4 N–H and O–H groups in total. The van der Waals surface area contributed by atoms with Crippen LogP contribution in [0.5, 0.6) is 5.75 Å². The maximum absolute atomic E-state index is 14.4. The first kappa shape index (κ1) is 29.8. The van der Waals surface area contributed by atoms with E-state index in [1.54, 1.807) is 27.9 Å². The number of ether oxygens (including phenoxy) is 1. The molecule has 14 heteroatoms. The second-order valence-corrected chi connectivity index (χ2v) is 9.31. The Morgan fingerprint density at radius 3 is 2.65 bits per heavy atom. The summed E-state index contributed by atoms with van der Waals surface area (Å²) in [5, 5.41) is 13.7. The molecule has 0 radical (unpaired) electrons. The predicted molar refractivity (Wildman–Crippen MR) is 142 cm³/mol. The summed E-state index contributed by atoms with van der Waals surface area (Å²) in [4.78, 5) is 57.2. The van der Waals surface area contributed by atoms with Crippen LogP contribution < -0.4 is 20.9 Å².